The molecule has 2 nitrogen and oxygen atoms in total. The van der Waals surface area contributed by atoms with Crippen molar-refractivity contribution >= 4 is 0 Å². The maximum Gasteiger partial charge on any atom is 0.0685 e. The number of hydrogen-bond donors (Lipinski definition) is 0. The van der Waals surface area contributed by atoms with Gasteiger partial charge in [0.05, 0.1) is 6.61 Å². The Morgan fingerprint density at radius 2 is 1.68 bits per heavy atom. The molecule has 2 unspecified atom stereocenters. The van der Waals surface area contributed by atoms with Gasteiger partial charge in [0, 0.05) is 11.6 Å². The van der Waals surface area contributed by atoms with E-state index in [4.69, 9.17) is 4.84 Å². The lowest BCUT2D eigenvalue weighted by atomic mass is 9.83. The third-order valence-electron chi connectivity index (χ3n) is 4.73. The number of hydroxylamine groups is 2. The fourth-order valence-electron chi connectivity index (χ4n) is 3.05. The molecule has 1 fully saturated rings. The summed E-state index contributed by atoms with van der Waals surface area (Å²) in [4.78, 5) is 6.12. The minimum atomic E-state index is 0.203. The molecular weight excluding hydrogens is 234 g/mol. The number of nitrogens with zero attached hydrogens (tertiary/aromatic N) is 1. The Kier molecular flexibility index (Phi) is 7.38. The predicted octanol–water partition coefficient (Wildman–Crippen LogP) is 5.18. The third-order valence-corrected chi connectivity index (χ3v) is 4.73. The van der Waals surface area contributed by atoms with Crippen molar-refractivity contribution in [2.24, 2.45) is 5.92 Å². The van der Waals surface area contributed by atoms with Crippen LogP contribution in [0.3, 0.4) is 0 Å². The summed E-state index contributed by atoms with van der Waals surface area (Å²) in [5, 5.41) is 2.28. The summed E-state index contributed by atoms with van der Waals surface area (Å²) in [6.45, 7) is 12.5. The molecule has 1 saturated heterocycles. The summed E-state index contributed by atoms with van der Waals surface area (Å²) in [7, 11) is 0. The number of hydrogen-bond acceptors (Lipinski definition) is 2. The molecule has 1 rings (SSSR count). The van der Waals surface area contributed by atoms with Crippen molar-refractivity contribution in [1.29, 1.82) is 0 Å². The summed E-state index contributed by atoms with van der Waals surface area (Å²) in [6, 6.07) is 0.545. The van der Waals surface area contributed by atoms with E-state index >= 15 is 0 Å². The smallest absolute Gasteiger partial charge is 0.0685 e. The fraction of sp³-hybridized carbons (Fsp3) is 1.00. The first kappa shape index (κ1) is 17.0. The van der Waals surface area contributed by atoms with Crippen LogP contribution in [0, 0.1) is 5.92 Å². The van der Waals surface area contributed by atoms with Crippen LogP contribution in [0.25, 0.3) is 0 Å². The van der Waals surface area contributed by atoms with Gasteiger partial charge in [0.15, 0.2) is 0 Å². The Balaban J connectivity index is 2.22. The van der Waals surface area contributed by atoms with Crippen molar-refractivity contribution in [3.8, 4) is 0 Å². The van der Waals surface area contributed by atoms with Crippen LogP contribution >= 0.6 is 0 Å². The van der Waals surface area contributed by atoms with E-state index in [-0.39, 0.29) is 5.54 Å². The van der Waals surface area contributed by atoms with Gasteiger partial charge in [-0.1, -0.05) is 46.0 Å². The van der Waals surface area contributed by atoms with Crippen LogP contribution in [0.4, 0.5) is 0 Å². The van der Waals surface area contributed by atoms with Crippen LogP contribution in [0.5, 0.6) is 0 Å². The third kappa shape index (κ3) is 5.43. The second kappa shape index (κ2) is 8.26. The number of rotatable bonds is 8. The second-order valence-electron chi connectivity index (χ2n) is 7.00. The summed E-state index contributed by atoms with van der Waals surface area (Å²) >= 11 is 0. The van der Waals surface area contributed by atoms with E-state index in [2.05, 4.69) is 39.7 Å². The van der Waals surface area contributed by atoms with Gasteiger partial charge >= 0.3 is 0 Å². The molecule has 0 bridgehead atoms. The molecule has 1 aliphatic rings. The Hall–Kier alpha value is -0.0800. The highest BCUT2D eigenvalue weighted by Crippen LogP contribution is 2.35. The average molecular weight is 269 g/mol. The summed E-state index contributed by atoms with van der Waals surface area (Å²) in [5.41, 5.74) is 0.203. The molecule has 0 N–H and O–H groups in total. The van der Waals surface area contributed by atoms with Crippen LogP contribution in [-0.4, -0.2) is 23.3 Å². The lowest BCUT2D eigenvalue weighted by Crippen LogP contribution is -2.54. The average Bonchev–Trinajstić information content (AvgIpc) is 2.37. The Bertz CT molecular complexity index is 239. The molecule has 19 heavy (non-hydrogen) atoms. The fourth-order valence-corrected chi connectivity index (χ4v) is 3.05. The molecule has 0 spiro atoms. The van der Waals surface area contributed by atoms with Crippen LogP contribution in [0.1, 0.15) is 86.0 Å². The number of piperidine rings is 1. The zero-order valence-electron chi connectivity index (χ0n) is 13.9. The van der Waals surface area contributed by atoms with Gasteiger partial charge < -0.3 is 0 Å². The molecule has 2 atom stereocenters. The minimum absolute atomic E-state index is 0.203. The normalized spacial score (nSPS) is 27.6. The molecule has 0 saturated carbocycles. The van der Waals surface area contributed by atoms with Crippen LogP contribution < -0.4 is 0 Å². The van der Waals surface area contributed by atoms with Crippen LogP contribution in [0.2, 0.25) is 0 Å². The predicted molar refractivity (Wildman–Crippen MR) is 83.1 cm³/mol. The lowest BCUT2D eigenvalue weighted by Gasteiger charge is -2.48. The molecule has 1 aliphatic heterocycles. The highest BCUT2D eigenvalue weighted by Gasteiger charge is 2.38. The zero-order chi connectivity index (χ0) is 14.3. The second-order valence-corrected chi connectivity index (χ2v) is 7.00. The summed E-state index contributed by atoms with van der Waals surface area (Å²) < 4.78 is 0. The summed E-state index contributed by atoms with van der Waals surface area (Å²) in [6.07, 6.45) is 10.6. The standard InChI is InChI=1S/C17H35NO/c1-6-7-8-9-10-11-14-19-18-16(3)15(2)12-13-17(18,4)5/h15-16H,6-14H2,1-5H3. The van der Waals surface area contributed by atoms with Gasteiger partial charge in [-0.15, -0.1) is 0 Å². The Labute approximate surface area is 120 Å². The van der Waals surface area contributed by atoms with Crippen molar-refractivity contribution in [2.75, 3.05) is 6.61 Å². The minimum Gasteiger partial charge on any atom is -0.298 e. The van der Waals surface area contributed by atoms with Gasteiger partial charge in [0.2, 0.25) is 0 Å². The quantitative estimate of drug-likeness (QED) is 0.563. The van der Waals surface area contributed by atoms with E-state index in [1.165, 1.54) is 51.4 Å². The maximum atomic E-state index is 6.12. The van der Waals surface area contributed by atoms with Crippen molar-refractivity contribution in [3.63, 3.8) is 0 Å². The monoisotopic (exact) mass is 269 g/mol. The van der Waals surface area contributed by atoms with E-state index in [9.17, 15) is 0 Å². The van der Waals surface area contributed by atoms with Gasteiger partial charge in [-0.2, -0.15) is 5.06 Å². The largest absolute Gasteiger partial charge is 0.298 e. The maximum absolute atomic E-state index is 6.12. The molecule has 0 aromatic heterocycles. The molecule has 2 heteroatoms. The van der Waals surface area contributed by atoms with Crippen LogP contribution in [0.15, 0.2) is 0 Å². The lowest BCUT2D eigenvalue weighted by molar-refractivity contribution is -0.261. The zero-order valence-corrected chi connectivity index (χ0v) is 13.9. The molecule has 1 heterocycles. The van der Waals surface area contributed by atoms with E-state index in [0.717, 1.165) is 12.5 Å². The first-order chi connectivity index (χ1) is 8.99. The molecular formula is C17H35NO. The Morgan fingerprint density at radius 3 is 2.37 bits per heavy atom. The SMILES string of the molecule is CCCCCCCCON1C(C)C(C)CCC1(C)C. The first-order valence-electron chi connectivity index (χ1n) is 8.41. The molecule has 0 radical (unpaired) electrons. The first-order valence-corrected chi connectivity index (χ1v) is 8.41. The van der Waals surface area contributed by atoms with Crippen LogP contribution in [-0.2, 0) is 4.84 Å². The topological polar surface area (TPSA) is 12.5 Å². The molecule has 114 valence electrons. The van der Waals surface area contributed by atoms with Gasteiger partial charge in [0.25, 0.3) is 0 Å². The van der Waals surface area contributed by atoms with E-state index < -0.39 is 0 Å². The van der Waals surface area contributed by atoms with Gasteiger partial charge in [-0.05, 0) is 46.0 Å². The number of unbranched alkanes of at least 4 members (excludes halogenated alkanes) is 5. The van der Waals surface area contributed by atoms with Gasteiger partial charge in [-0.3, -0.25) is 4.84 Å². The highest BCUT2D eigenvalue weighted by molar-refractivity contribution is 4.88. The van der Waals surface area contributed by atoms with E-state index in [1.54, 1.807) is 0 Å². The van der Waals surface area contributed by atoms with Gasteiger partial charge in [-0.25, -0.2) is 0 Å². The Morgan fingerprint density at radius 1 is 1.05 bits per heavy atom. The highest BCUT2D eigenvalue weighted by atomic mass is 16.7. The van der Waals surface area contributed by atoms with E-state index in [1.807, 2.05) is 0 Å². The molecule has 0 aromatic rings. The van der Waals surface area contributed by atoms with Crippen molar-refractivity contribution in [2.45, 2.75) is 97.6 Å². The van der Waals surface area contributed by atoms with Crippen molar-refractivity contribution < 1.29 is 4.84 Å². The van der Waals surface area contributed by atoms with Gasteiger partial charge in [0.1, 0.15) is 0 Å². The van der Waals surface area contributed by atoms with Crippen molar-refractivity contribution in [1.82, 2.24) is 5.06 Å². The molecule has 0 amide bonds. The summed E-state index contributed by atoms with van der Waals surface area (Å²) in [5.74, 6) is 0.748. The molecule has 0 aromatic carbocycles. The van der Waals surface area contributed by atoms with Crippen molar-refractivity contribution in [3.05, 3.63) is 0 Å². The molecule has 0 aliphatic carbocycles. The van der Waals surface area contributed by atoms with E-state index in [0.29, 0.717) is 6.04 Å².